The van der Waals surface area contributed by atoms with Gasteiger partial charge in [-0.05, 0) is 50.3 Å². The highest BCUT2D eigenvalue weighted by Crippen LogP contribution is 2.37. The maximum Gasteiger partial charge on any atom is 0.391 e. The number of alkyl halides is 3. The fraction of sp³-hybridized carbons (Fsp3) is 0.611. The Hall–Kier alpha value is -1.39. The molecule has 1 aliphatic carbocycles. The van der Waals surface area contributed by atoms with Gasteiger partial charge in [-0.1, -0.05) is 6.07 Å². The van der Waals surface area contributed by atoms with Crippen molar-refractivity contribution in [1.29, 1.82) is 0 Å². The molecule has 3 N–H and O–H groups in total. The normalized spacial score (nSPS) is 20.6. The number of methoxy groups -OCH3 is 1. The topological polar surface area (TPSA) is 65.9 Å². The summed E-state index contributed by atoms with van der Waals surface area (Å²) >= 11 is 0. The van der Waals surface area contributed by atoms with Crippen LogP contribution >= 0.6 is 24.0 Å². The number of hydrogen-bond donors (Lipinski definition) is 3. The summed E-state index contributed by atoms with van der Waals surface area (Å²) in [4.78, 5) is 4.46. The van der Waals surface area contributed by atoms with E-state index in [2.05, 4.69) is 15.6 Å². The molecule has 0 aromatic heterocycles. The number of ether oxygens (including phenoxy) is 1. The van der Waals surface area contributed by atoms with Crippen LogP contribution in [0, 0.1) is 5.92 Å². The third-order valence-electron chi connectivity index (χ3n) is 4.54. The van der Waals surface area contributed by atoms with Crippen LogP contribution in [0.5, 0.6) is 11.5 Å². The maximum absolute atomic E-state index is 12.8. The zero-order valence-corrected chi connectivity index (χ0v) is 17.8. The van der Waals surface area contributed by atoms with Crippen LogP contribution in [0.15, 0.2) is 23.2 Å². The van der Waals surface area contributed by atoms with Crippen molar-refractivity contribution in [2.75, 3.05) is 13.7 Å². The van der Waals surface area contributed by atoms with Crippen molar-refractivity contribution in [3.63, 3.8) is 0 Å². The first kappa shape index (κ1) is 23.6. The summed E-state index contributed by atoms with van der Waals surface area (Å²) in [7, 11) is 1.48. The first-order valence-corrected chi connectivity index (χ1v) is 8.81. The molecule has 0 radical (unpaired) electrons. The second-order valence-electron chi connectivity index (χ2n) is 6.44. The Balaban J connectivity index is 0.00000364. The van der Waals surface area contributed by atoms with Crippen LogP contribution in [-0.2, 0) is 6.54 Å². The summed E-state index contributed by atoms with van der Waals surface area (Å²) in [6.45, 7) is 2.92. The van der Waals surface area contributed by atoms with Gasteiger partial charge in [0.25, 0.3) is 0 Å². The van der Waals surface area contributed by atoms with Gasteiger partial charge in [0.2, 0.25) is 0 Å². The fourth-order valence-electron chi connectivity index (χ4n) is 3.08. The van der Waals surface area contributed by atoms with Crippen molar-refractivity contribution in [1.82, 2.24) is 10.6 Å². The molecule has 5 nitrogen and oxygen atoms in total. The molecule has 0 heterocycles. The van der Waals surface area contributed by atoms with Gasteiger partial charge >= 0.3 is 6.18 Å². The molecule has 0 saturated heterocycles. The molecule has 1 saturated carbocycles. The van der Waals surface area contributed by atoms with Crippen LogP contribution in [0.1, 0.15) is 38.2 Å². The minimum Gasteiger partial charge on any atom is -0.504 e. The average Bonchev–Trinajstić information content (AvgIpc) is 2.59. The van der Waals surface area contributed by atoms with E-state index in [1.165, 1.54) is 7.11 Å². The van der Waals surface area contributed by atoms with Crippen molar-refractivity contribution in [2.24, 2.45) is 10.9 Å². The van der Waals surface area contributed by atoms with Gasteiger partial charge < -0.3 is 20.5 Å². The summed E-state index contributed by atoms with van der Waals surface area (Å²) in [5, 5.41) is 16.1. The van der Waals surface area contributed by atoms with Crippen molar-refractivity contribution in [2.45, 2.75) is 51.4 Å². The molecule has 9 heteroatoms. The summed E-state index contributed by atoms with van der Waals surface area (Å²) in [5.41, 5.74) is 0.807. The van der Waals surface area contributed by atoms with Crippen LogP contribution in [-0.4, -0.2) is 36.9 Å². The van der Waals surface area contributed by atoms with Crippen molar-refractivity contribution in [3.05, 3.63) is 23.8 Å². The monoisotopic (exact) mass is 501 g/mol. The van der Waals surface area contributed by atoms with E-state index in [-0.39, 0.29) is 48.6 Å². The molecule has 2 rings (SSSR count). The van der Waals surface area contributed by atoms with Crippen LogP contribution in [0.4, 0.5) is 13.2 Å². The number of aliphatic imine (C=N–C) groups is 1. The molecule has 0 unspecified atom stereocenters. The third kappa shape index (κ3) is 7.27. The number of halogens is 4. The third-order valence-corrected chi connectivity index (χ3v) is 4.54. The van der Waals surface area contributed by atoms with Gasteiger partial charge in [-0.2, -0.15) is 13.2 Å². The summed E-state index contributed by atoms with van der Waals surface area (Å²) in [6.07, 6.45) is -2.87. The standard InChI is InChI=1S/C18H26F3N3O2.HI/c1-3-22-17(23-11-12-4-9-16(26-2)15(25)10-12)24-14-7-5-13(6-8-14)18(19,20)21;/h4,9-10,13-14,25H,3,5-8,11H2,1-2H3,(H2,22,23,24);1H. The Morgan fingerprint density at radius 1 is 1.26 bits per heavy atom. The Kier molecular flexibility index (Phi) is 9.48. The first-order valence-electron chi connectivity index (χ1n) is 8.81. The van der Waals surface area contributed by atoms with E-state index in [1.807, 2.05) is 6.92 Å². The molecular weight excluding hydrogens is 474 g/mol. The number of guanidine groups is 1. The van der Waals surface area contributed by atoms with Crippen LogP contribution in [0.25, 0.3) is 0 Å². The average molecular weight is 501 g/mol. The largest absolute Gasteiger partial charge is 0.504 e. The zero-order chi connectivity index (χ0) is 19.2. The highest BCUT2D eigenvalue weighted by Gasteiger charge is 2.41. The molecule has 1 aliphatic rings. The summed E-state index contributed by atoms with van der Waals surface area (Å²) < 4.78 is 43.3. The van der Waals surface area contributed by atoms with Gasteiger partial charge in [0.1, 0.15) is 0 Å². The van der Waals surface area contributed by atoms with Crippen molar-refractivity contribution >= 4 is 29.9 Å². The highest BCUT2D eigenvalue weighted by atomic mass is 127. The predicted molar refractivity (Wildman–Crippen MR) is 110 cm³/mol. The lowest BCUT2D eigenvalue weighted by Crippen LogP contribution is -2.45. The Labute approximate surface area is 174 Å². The molecular formula is C18H27F3IN3O2. The molecule has 0 spiro atoms. The lowest BCUT2D eigenvalue weighted by atomic mass is 9.85. The number of aromatic hydroxyl groups is 1. The van der Waals surface area contributed by atoms with Crippen LogP contribution in [0.2, 0.25) is 0 Å². The predicted octanol–water partition coefficient (Wildman–Crippen LogP) is 4.20. The van der Waals surface area contributed by atoms with Gasteiger partial charge in [0.05, 0.1) is 19.6 Å². The molecule has 0 aliphatic heterocycles. The minimum absolute atomic E-state index is 0. The fourth-order valence-corrected chi connectivity index (χ4v) is 3.08. The number of phenols is 1. The molecule has 0 amide bonds. The van der Waals surface area contributed by atoms with Crippen molar-refractivity contribution < 1.29 is 23.0 Å². The summed E-state index contributed by atoms with van der Waals surface area (Å²) in [6, 6.07) is 5.04. The Morgan fingerprint density at radius 2 is 1.93 bits per heavy atom. The zero-order valence-electron chi connectivity index (χ0n) is 15.5. The molecule has 0 bridgehead atoms. The first-order chi connectivity index (χ1) is 12.3. The quantitative estimate of drug-likeness (QED) is 0.322. The summed E-state index contributed by atoms with van der Waals surface area (Å²) in [5.74, 6) is -0.187. The lowest BCUT2D eigenvalue weighted by molar-refractivity contribution is -0.182. The number of hydrogen-bond acceptors (Lipinski definition) is 3. The molecule has 154 valence electrons. The molecule has 1 fully saturated rings. The second kappa shape index (κ2) is 10.8. The molecule has 27 heavy (non-hydrogen) atoms. The van der Waals surface area contributed by atoms with E-state index in [9.17, 15) is 18.3 Å². The highest BCUT2D eigenvalue weighted by molar-refractivity contribution is 14.0. The van der Waals surface area contributed by atoms with E-state index in [4.69, 9.17) is 4.74 Å². The van der Waals surface area contributed by atoms with E-state index >= 15 is 0 Å². The van der Waals surface area contributed by atoms with E-state index in [1.54, 1.807) is 18.2 Å². The number of nitrogens with zero attached hydrogens (tertiary/aromatic N) is 1. The van der Waals surface area contributed by atoms with E-state index in [0.29, 0.717) is 37.6 Å². The van der Waals surface area contributed by atoms with Gasteiger partial charge in [0, 0.05) is 12.6 Å². The molecule has 1 aromatic carbocycles. The van der Waals surface area contributed by atoms with E-state index in [0.717, 1.165) is 5.56 Å². The molecule has 1 aromatic rings. The smallest absolute Gasteiger partial charge is 0.391 e. The van der Waals surface area contributed by atoms with Crippen LogP contribution in [0.3, 0.4) is 0 Å². The Bertz CT molecular complexity index is 618. The molecule has 0 atom stereocenters. The number of benzene rings is 1. The van der Waals surface area contributed by atoms with E-state index < -0.39 is 12.1 Å². The van der Waals surface area contributed by atoms with Crippen LogP contribution < -0.4 is 15.4 Å². The van der Waals surface area contributed by atoms with Gasteiger partial charge in [-0.3, -0.25) is 0 Å². The number of phenolic OH excluding ortho intramolecular Hbond substituents is 1. The SMILES string of the molecule is CCNC(=NCc1ccc(OC)c(O)c1)NC1CCC(C(F)(F)F)CC1.I. The second-order valence-corrected chi connectivity index (χ2v) is 6.44. The minimum atomic E-state index is -4.10. The van der Waals surface area contributed by atoms with Gasteiger partial charge in [0.15, 0.2) is 17.5 Å². The maximum atomic E-state index is 12.8. The number of nitrogens with one attached hydrogen (secondary N) is 2. The van der Waals surface area contributed by atoms with Gasteiger partial charge in [-0.15, -0.1) is 24.0 Å². The van der Waals surface area contributed by atoms with Gasteiger partial charge in [-0.25, -0.2) is 4.99 Å². The van der Waals surface area contributed by atoms with Crippen molar-refractivity contribution in [3.8, 4) is 11.5 Å². The Morgan fingerprint density at radius 3 is 2.44 bits per heavy atom. The lowest BCUT2D eigenvalue weighted by Gasteiger charge is -2.31. The number of rotatable bonds is 5.